The number of nitrogens with one attached hydrogen (secondary N) is 1. The van der Waals surface area contributed by atoms with E-state index in [0.29, 0.717) is 12.1 Å². The Balaban J connectivity index is 1.90. The van der Waals surface area contributed by atoms with Crippen molar-refractivity contribution in [1.29, 1.82) is 0 Å². The Kier molecular flexibility index (Phi) is 2.99. The molecule has 3 rings (SSSR count). The SMILES string of the molecule is CC(c1ccsc1)n1cncc1C1CCCN1. The van der Waals surface area contributed by atoms with Gasteiger partial charge in [-0.05, 0) is 48.7 Å². The van der Waals surface area contributed by atoms with Gasteiger partial charge >= 0.3 is 0 Å². The molecule has 3 nitrogen and oxygen atoms in total. The Morgan fingerprint density at radius 3 is 3.24 bits per heavy atom. The standard InChI is InChI=1S/C13H17N3S/c1-10(11-4-6-17-8-11)16-9-14-7-13(16)12-3-2-5-15-12/h4,6-10,12,15H,2-3,5H2,1H3. The number of hydrogen-bond acceptors (Lipinski definition) is 3. The fourth-order valence-corrected chi connectivity index (χ4v) is 3.27. The quantitative estimate of drug-likeness (QED) is 0.903. The molecule has 1 aliphatic rings. The number of aromatic nitrogens is 2. The van der Waals surface area contributed by atoms with Gasteiger partial charge < -0.3 is 9.88 Å². The fraction of sp³-hybridized carbons (Fsp3) is 0.462. The number of nitrogens with zero attached hydrogens (tertiary/aromatic N) is 2. The van der Waals surface area contributed by atoms with Crippen molar-refractivity contribution in [3.8, 4) is 0 Å². The molecule has 0 aliphatic carbocycles. The molecule has 2 aromatic heterocycles. The topological polar surface area (TPSA) is 29.9 Å². The highest BCUT2D eigenvalue weighted by Crippen LogP contribution is 2.28. The lowest BCUT2D eigenvalue weighted by Crippen LogP contribution is -2.18. The first kappa shape index (κ1) is 11.0. The average molecular weight is 247 g/mol. The lowest BCUT2D eigenvalue weighted by Gasteiger charge is -2.19. The predicted octanol–water partition coefficient (Wildman–Crippen LogP) is 2.98. The highest BCUT2D eigenvalue weighted by atomic mass is 32.1. The molecule has 1 aliphatic heterocycles. The molecule has 0 bridgehead atoms. The second-order valence-corrected chi connectivity index (χ2v) is 5.39. The van der Waals surface area contributed by atoms with E-state index >= 15 is 0 Å². The average Bonchev–Trinajstić information content (AvgIpc) is 3.09. The van der Waals surface area contributed by atoms with Crippen LogP contribution in [0.4, 0.5) is 0 Å². The molecule has 0 spiro atoms. The Morgan fingerprint density at radius 1 is 1.59 bits per heavy atom. The number of hydrogen-bond donors (Lipinski definition) is 1. The molecule has 3 heterocycles. The van der Waals surface area contributed by atoms with Crippen LogP contribution < -0.4 is 5.32 Å². The van der Waals surface area contributed by atoms with Gasteiger partial charge in [-0.2, -0.15) is 11.3 Å². The molecule has 2 unspecified atom stereocenters. The maximum absolute atomic E-state index is 4.32. The highest BCUT2D eigenvalue weighted by Gasteiger charge is 2.22. The van der Waals surface area contributed by atoms with Crippen LogP contribution in [0.1, 0.15) is 43.1 Å². The van der Waals surface area contributed by atoms with Crippen LogP contribution in [0.25, 0.3) is 0 Å². The normalized spacial score (nSPS) is 21.8. The minimum Gasteiger partial charge on any atom is -0.326 e. The number of thiophene rings is 1. The van der Waals surface area contributed by atoms with E-state index in [-0.39, 0.29) is 0 Å². The maximum atomic E-state index is 4.32. The minimum atomic E-state index is 0.376. The van der Waals surface area contributed by atoms with Crippen LogP contribution in [0.2, 0.25) is 0 Å². The summed E-state index contributed by atoms with van der Waals surface area (Å²) >= 11 is 1.75. The van der Waals surface area contributed by atoms with Gasteiger partial charge in [0.15, 0.2) is 0 Å². The van der Waals surface area contributed by atoms with E-state index in [4.69, 9.17) is 0 Å². The van der Waals surface area contributed by atoms with E-state index in [1.807, 2.05) is 12.5 Å². The van der Waals surface area contributed by atoms with E-state index in [2.05, 4.69) is 38.6 Å². The first-order valence-corrected chi connectivity index (χ1v) is 7.08. The van der Waals surface area contributed by atoms with Gasteiger partial charge in [0.1, 0.15) is 0 Å². The zero-order valence-corrected chi connectivity index (χ0v) is 10.8. The van der Waals surface area contributed by atoms with E-state index in [1.165, 1.54) is 24.1 Å². The van der Waals surface area contributed by atoms with E-state index in [1.54, 1.807) is 11.3 Å². The first-order valence-electron chi connectivity index (χ1n) is 6.13. The monoisotopic (exact) mass is 247 g/mol. The van der Waals surface area contributed by atoms with Crippen LogP contribution >= 0.6 is 11.3 Å². The molecule has 1 N–H and O–H groups in total. The van der Waals surface area contributed by atoms with Crippen molar-refractivity contribution in [3.63, 3.8) is 0 Å². The molecule has 0 radical (unpaired) electrons. The number of imidazole rings is 1. The molecular weight excluding hydrogens is 230 g/mol. The minimum absolute atomic E-state index is 0.376. The van der Waals surface area contributed by atoms with Crippen molar-refractivity contribution in [2.24, 2.45) is 0 Å². The second kappa shape index (κ2) is 4.63. The Labute approximate surface area is 106 Å². The molecule has 2 atom stereocenters. The van der Waals surface area contributed by atoms with Crippen molar-refractivity contribution < 1.29 is 0 Å². The van der Waals surface area contributed by atoms with Crippen LogP contribution in [-0.2, 0) is 0 Å². The van der Waals surface area contributed by atoms with E-state index < -0.39 is 0 Å². The lowest BCUT2D eigenvalue weighted by atomic mass is 10.1. The summed E-state index contributed by atoms with van der Waals surface area (Å²) in [4.78, 5) is 4.32. The van der Waals surface area contributed by atoms with Gasteiger partial charge in [0, 0.05) is 12.2 Å². The van der Waals surface area contributed by atoms with Gasteiger partial charge in [-0.25, -0.2) is 4.98 Å². The van der Waals surface area contributed by atoms with Crippen LogP contribution in [0.5, 0.6) is 0 Å². The molecule has 1 saturated heterocycles. The van der Waals surface area contributed by atoms with Gasteiger partial charge in [0.25, 0.3) is 0 Å². The summed E-state index contributed by atoms with van der Waals surface area (Å²) in [7, 11) is 0. The van der Waals surface area contributed by atoms with Gasteiger partial charge in [-0.3, -0.25) is 0 Å². The van der Waals surface area contributed by atoms with Gasteiger partial charge in [0.05, 0.1) is 18.1 Å². The van der Waals surface area contributed by atoms with Gasteiger partial charge in [-0.1, -0.05) is 0 Å². The lowest BCUT2D eigenvalue weighted by molar-refractivity contribution is 0.539. The van der Waals surface area contributed by atoms with Crippen molar-refractivity contribution in [2.75, 3.05) is 6.54 Å². The Hall–Kier alpha value is -1.13. The zero-order chi connectivity index (χ0) is 11.7. The molecular formula is C13H17N3S. The first-order chi connectivity index (χ1) is 8.36. The summed E-state index contributed by atoms with van der Waals surface area (Å²) in [5.74, 6) is 0. The second-order valence-electron chi connectivity index (χ2n) is 4.61. The summed E-state index contributed by atoms with van der Waals surface area (Å²) in [6, 6.07) is 3.06. The van der Waals surface area contributed by atoms with Crippen molar-refractivity contribution in [2.45, 2.75) is 31.8 Å². The highest BCUT2D eigenvalue weighted by molar-refractivity contribution is 7.07. The van der Waals surface area contributed by atoms with Gasteiger partial charge in [0.2, 0.25) is 0 Å². The summed E-state index contributed by atoms with van der Waals surface area (Å²) in [5.41, 5.74) is 2.69. The molecule has 0 saturated carbocycles. The third-order valence-corrected chi connectivity index (χ3v) is 4.26. The van der Waals surface area contributed by atoms with Crippen molar-refractivity contribution >= 4 is 11.3 Å². The molecule has 90 valence electrons. The summed E-state index contributed by atoms with van der Waals surface area (Å²) in [6.45, 7) is 3.37. The van der Waals surface area contributed by atoms with Crippen LogP contribution in [-0.4, -0.2) is 16.1 Å². The van der Waals surface area contributed by atoms with E-state index in [9.17, 15) is 0 Å². The molecule has 17 heavy (non-hydrogen) atoms. The molecule has 0 aromatic carbocycles. The molecule has 0 amide bonds. The van der Waals surface area contributed by atoms with Crippen molar-refractivity contribution in [1.82, 2.24) is 14.9 Å². The van der Waals surface area contributed by atoms with Gasteiger partial charge in [-0.15, -0.1) is 0 Å². The van der Waals surface area contributed by atoms with E-state index in [0.717, 1.165) is 6.54 Å². The number of rotatable bonds is 3. The molecule has 2 aromatic rings. The third kappa shape index (κ3) is 2.03. The summed E-state index contributed by atoms with van der Waals surface area (Å²) in [5, 5.41) is 7.90. The molecule has 4 heteroatoms. The van der Waals surface area contributed by atoms with Crippen LogP contribution in [0.3, 0.4) is 0 Å². The molecule has 1 fully saturated rings. The zero-order valence-electron chi connectivity index (χ0n) is 9.97. The maximum Gasteiger partial charge on any atom is 0.0954 e. The summed E-state index contributed by atoms with van der Waals surface area (Å²) < 4.78 is 2.30. The van der Waals surface area contributed by atoms with Crippen LogP contribution in [0.15, 0.2) is 29.4 Å². The summed E-state index contributed by atoms with van der Waals surface area (Å²) in [6.07, 6.45) is 6.45. The Bertz CT molecular complexity index is 469. The fourth-order valence-electron chi connectivity index (χ4n) is 2.52. The Morgan fingerprint density at radius 2 is 2.53 bits per heavy atom. The van der Waals surface area contributed by atoms with Crippen LogP contribution in [0, 0.1) is 0 Å². The predicted molar refractivity (Wildman–Crippen MR) is 70.3 cm³/mol. The van der Waals surface area contributed by atoms with Crippen molar-refractivity contribution in [3.05, 3.63) is 40.6 Å². The smallest absolute Gasteiger partial charge is 0.0954 e. The third-order valence-electron chi connectivity index (χ3n) is 3.56. The largest absolute Gasteiger partial charge is 0.326 e.